The van der Waals surface area contributed by atoms with Gasteiger partial charge in [0.25, 0.3) is 0 Å². The van der Waals surface area contributed by atoms with E-state index in [1.807, 2.05) is 42.5 Å². The first-order valence-corrected chi connectivity index (χ1v) is 9.61. The molecule has 1 aromatic carbocycles. The fourth-order valence-corrected chi connectivity index (χ4v) is 3.13. The fraction of sp³-hybridized carbons (Fsp3) is 0. The number of rotatable bonds is 2. The third-order valence-electron chi connectivity index (χ3n) is 4.52. The number of aromatic nitrogens is 6. The third-order valence-corrected chi connectivity index (χ3v) is 4.52. The van der Waals surface area contributed by atoms with Crippen molar-refractivity contribution in [2.24, 2.45) is 0 Å². The molecule has 0 unspecified atom stereocenters. The standard InChI is InChI=1S/C13H9N3.C11H7N3O/c1-2-5-11-10(4-1)6-9-14-12(11)13-15-7-3-8-16-13;1-3-9-8(12-4-1)7-10(15-9)11-13-5-2-6-14-11/h1-9H;1-7H. The van der Waals surface area contributed by atoms with Gasteiger partial charge in [0.2, 0.25) is 0 Å². The largest absolute Gasteiger partial charge is 0.451 e. The molecule has 6 aromatic rings. The molecule has 0 aliphatic rings. The highest BCUT2D eigenvalue weighted by molar-refractivity contribution is 5.92. The summed E-state index contributed by atoms with van der Waals surface area (Å²) in [5.41, 5.74) is 2.40. The first-order valence-electron chi connectivity index (χ1n) is 9.61. The summed E-state index contributed by atoms with van der Waals surface area (Å²) < 4.78 is 5.57. The smallest absolute Gasteiger partial charge is 0.195 e. The molecule has 5 heterocycles. The summed E-state index contributed by atoms with van der Waals surface area (Å²) in [5.74, 6) is 1.89. The zero-order valence-corrected chi connectivity index (χ0v) is 16.3. The molecule has 0 saturated heterocycles. The maximum Gasteiger partial charge on any atom is 0.195 e. The summed E-state index contributed by atoms with van der Waals surface area (Å²) in [5, 5.41) is 2.23. The van der Waals surface area contributed by atoms with Gasteiger partial charge in [-0.15, -0.1) is 0 Å². The highest BCUT2D eigenvalue weighted by Gasteiger charge is 2.08. The van der Waals surface area contributed by atoms with Crippen LogP contribution in [0.15, 0.2) is 102 Å². The number of fused-ring (bicyclic) bond motifs is 2. The van der Waals surface area contributed by atoms with Gasteiger partial charge in [-0.25, -0.2) is 19.9 Å². The molecule has 0 amide bonds. The zero-order chi connectivity index (χ0) is 20.9. The summed E-state index contributed by atoms with van der Waals surface area (Å²) in [6.07, 6.45) is 10.3. The zero-order valence-electron chi connectivity index (χ0n) is 16.3. The number of hydrogen-bond donors (Lipinski definition) is 0. The molecule has 0 bridgehead atoms. The number of nitrogens with zero attached hydrogens (tertiary/aromatic N) is 6. The van der Waals surface area contributed by atoms with Gasteiger partial charge in [0, 0.05) is 48.6 Å². The van der Waals surface area contributed by atoms with E-state index >= 15 is 0 Å². The van der Waals surface area contributed by atoms with Gasteiger partial charge in [0.15, 0.2) is 23.0 Å². The number of benzene rings is 1. The van der Waals surface area contributed by atoms with Crippen molar-refractivity contribution in [1.29, 1.82) is 0 Å². The van der Waals surface area contributed by atoms with Gasteiger partial charge >= 0.3 is 0 Å². The minimum Gasteiger partial charge on any atom is -0.451 e. The van der Waals surface area contributed by atoms with Crippen LogP contribution in [0.4, 0.5) is 0 Å². The molecule has 0 aliphatic carbocycles. The van der Waals surface area contributed by atoms with E-state index in [1.54, 1.807) is 49.3 Å². The second-order valence-corrected chi connectivity index (χ2v) is 6.52. The summed E-state index contributed by atoms with van der Waals surface area (Å²) in [6.45, 7) is 0. The van der Waals surface area contributed by atoms with E-state index in [9.17, 15) is 0 Å². The Kier molecular flexibility index (Phi) is 5.05. The lowest BCUT2D eigenvalue weighted by atomic mass is 10.1. The van der Waals surface area contributed by atoms with E-state index in [-0.39, 0.29) is 0 Å². The van der Waals surface area contributed by atoms with E-state index < -0.39 is 0 Å². The van der Waals surface area contributed by atoms with Crippen molar-refractivity contribution in [3.05, 3.63) is 97.8 Å². The van der Waals surface area contributed by atoms with Crippen LogP contribution < -0.4 is 0 Å². The van der Waals surface area contributed by atoms with Crippen molar-refractivity contribution in [1.82, 2.24) is 29.9 Å². The molecule has 0 spiro atoms. The SMILES string of the molecule is c1cnc(-c2cc3ncccc3o2)nc1.c1cnc(-c2nccc3ccccc23)nc1. The molecule has 7 heteroatoms. The molecule has 0 atom stereocenters. The average molecular weight is 404 g/mol. The predicted molar refractivity (Wildman–Crippen MR) is 118 cm³/mol. The van der Waals surface area contributed by atoms with Gasteiger partial charge in [-0.3, -0.25) is 9.97 Å². The molecule has 148 valence electrons. The summed E-state index contributed by atoms with van der Waals surface area (Å²) >= 11 is 0. The summed E-state index contributed by atoms with van der Waals surface area (Å²) in [4.78, 5) is 25.2. The van der Waals surface area contributed by atoms with Gasteiger partial charge in [-0.1, -0.05) is 24.3 Å². The van der Waals surface area contributed by atoms with Crippen LogP contribution in [0.1, 0.15) is 0 Å². The lowest BCUT2D eigenvalue weighted by molar-refractivity contribution is 0.624. The van der Waals surface area contributed by atoms with E-state index in [0.29, 0.717) is 17.4 Å². The van der Waals surface area contributed by atoms with Gasteiger partial charge in [0.05, 0.1) is 0 Å². The van der Waals surface area contributed by atoms with Crippen LogP contribution in [0.25, 0.3) is 45.0 Å². The van der Waals surface area contributed by atoms with Crippen molar-refractivity contribution in [2.75, 3.05) is 0 Å². The lowest BCUT2D eigenvalue weighted by Crippen LogP contribution is -1.91. The normalized spacial score (nSPS) is 10.6. The van der Waals surface area contributed by atoms with E-state index in [2.05, 4.69) is 36.0 Å². The van der Waals surface area contributed by atoms with Crippen LogP contribution >= 0.6 is 0 Å². The first-order chi connectivity index (χ1) is 15.4. The van der Waals surface area contributed by atoms with Gasteiger partial charge in [0.1, 0.15) is 11.2 Å². The van der Waals surface area contributed by atoms with Crippen molar-refractivity contribution < 1.29 is 4.42 Å². The average Bonchev–Trinajstić information content (AvgIpc) is 3.30. The Bertz CT molecular complexity index is 1400. The molecule has 0 saturated carbocycles. The van der Waals surface area contributed by atoms with Crippen molar-refractivity contribution in [3.8, 4) is 23.1 Å². The first kappa shape index (κ1) is 18.5. The van der Waals surface area contributed by atoms with Gasteiger partial charge in [-0.2, -0.15) is 0 Å². The van der Waals surface area contributed by atoms with E-state index in [0.717, 1.165) is 27.6 Å². The Balaban J connectivity index is 0.000000132. The molecule has 7 nitrogen and oxygen atoms in total. The molecule has 0 N–H and O–H groups in total. The molecule has 31 heavy (non-hydrogen) atoms. The molecular formula is C24H16N6O. The molecule has 6 rings (SSSR count). The maximum absolute atomic E-state index is 5.57. The Morgan fingerprint density at radius 1 is 0.548 bits per heavy atom. The highest BCUT2D eigenvalue weighted by Crippen LogP contribution is 2.24. The molecule has 0 fully saturated rings. The van der Waals surface area contributed by atoms with Crippen molar-refractivity contribution >= 4 is 21.9 Å². The van der Waals surface area contributed by atoms with Crippen LogP contribution in [-0.2, 0) is 0 Å². The maximum atomic E-state index is 5.57. The van der Waals surface area contributed by atoms with Crippen LogP contribution in [0, 0.1) is 0 Å². The van der Waals surface area contributed by atoms with Crippen LogP contribution in [-0.4, -0.2) is 29.9 Å². The van der Waals surface area contributed by atoms with Crippen molar-refractivity contribution in [3.63, 3.8) is 0 Å². The van der Waals surface area contributed by atoms with Crippen molar-refractivity contribution in [2.45, 2.75) is 0 Å². The second-order valence-electron chi connectivity index (χ2n) is 6.52. The monoisotopic (exact) mass is 404 g/mol. The van der Waals surface area contributed by atoms with E-state index in [1.165, 1.54) is 0 Å². The topological polar surface area (TPSA) is 90.5 Å². The third kappa shape index (κ3) is 3.97. The van der Waals surface area contributed by atoms with Gasteiger partial charge in [-0.05, 0) is 35.7 Å². The molecule has 5 aromatic heterocycles. The Morgan fingerprint density at radius 2 is 1.26 bits per heavy atom. The quantitative estimate of drug-likeness (QED) is 0.402. The van der Waals surface area contributed by atoms with Gasteiger partial charge < -0.3 is 4.42 Å². The molecular weight excluding hydrogens is 388 g/mol. The van der Waals surface area contributed by atoms with Crippen LogP contribution in [0.2, 0.25) is 0 Å². The Morgan fingerprint density at radius 3 is 2.03 bits per heavy atom. The predicted octanol–water partition coefficient (Wildman–Crippen LogP) is 4.98. The fourth-order valence-electron chi connectivity index (χ4n) is 3.13. The van der Waals surface area contributed by atoms with Crippen LogP contribution in [0.3, 0.4) is 0 Å². The summed E-state index contributed by atoms with van der Waals surface area (Å²) in [6, 6.07) is 19.2. The van der Waals surface area contributed by atoms with E-state index in [4.69, 9.17) is 4.42 Å². The number of hydrogen-bond acceptors (Lipinski definition) is 7. The highest BCUT2D eigenvalue weighted by atomic mass is 16.3. The Labute approximate surface area is 177 Å². The molecule has 0 radical (unpaired) electrons. The second kappa shape index (κ2) is 8.46. The summed E-state index contributed by atoms with van der Waals surface area (Å²) in [7, 11) is 0. The Hall–Kier alpha value is -4.52. The number of furan rings is 1. The minimum absolute atomic E-state index is 0.579. The molecule has 0 aliphatic heterocycles. The minimum atomic E-state index is 0.579. The lowest BCUT2D eigenvalue weighted by Gasteiger charge is -2.03. The number of pyridine rings is 2. The van der Waals surface area contributed by atoms with Crippen LogP contribution in [0.5, 0.6) is 0 Å².